The van der Waals surface area contributed by atoms with Gasteiger partial charge in [-0.05, 0) is 14.0 Å². The average molecular weight is 196 g/mol. The topological polar surface area (TPSA) is 32.7 Å². The normalized spacial score (nSPS) is 13.8. The predicted molar refractivity (Wildman–Crippen MR) is 50.7 cm³/mol. The van der Waals surface area contributed by atoms with E-state index in [9.17, 15) is 0 Å². The summed E-state index contributed by atoms with van der Waals surface area (Å²) in [7, 11) is 1.99. The van der Waals surface area contributed by atoms with Gasteiger partial charge in [-0.1, -0.05) is 0 Å². The number of rotatable bonds is 7. The molecule has 0 fully saturated rings. The lowest BCUT2D eigenvalue weighted by Crippen LogP contribution is -2.26. The van der Waals surface area contributed by atoms with Gasteiger partial charge < -0.3 is 14.7 Å². The summed E-state index contributed by atoms with van der Waals surface area (Å²) in [5, 5.41) is 8.86. The van der Waals surface area contributed by atoms with Crippen LogP contribution in [0.2, 0.25) is 0 Å². The number of alkyl halides is 1. The minimum atomic E-state index is -0.372. The SMILES string of the molecule is CC(O)COCCN(C)CCCl. The summed E-state index contributed by atoms with van der Waals surface area (Å²) in [6, 6.07) is 0. The minimum absolute atomic E-state index is 0.372. The van der Waals surface area contributed by atoms with Crippen molar-refractivity contribution >= 4 is 11.6 Å². The highest BCUT2D eigenvalue weighted by molar-refractivity contribution is 6.18. The number of halogens is 1. The second kappa shape index (κ2) is 7.80. The van der Waals surface area contributed by atoms with Crippen LogP contribution in [0.3, 0.4) is 0 Å². The molecule has 0 rings (SSSR count). The number of aliphatic hydroxyl groups is 1. The molecule has 0 aliphatic carbocycles. The molecule has 0 bridgehead atoms. The van der Waals surface area contributed by atoms with Crippen LogP contribution in [0.25, 0.3) is 0 Å². The van der Waals surface area contributed by atoms with Crippen LogP contribution in [0.5, 0.6) is 0 Å². The fourth-order valence-electron chi connectivity index (χ4n) is 0.730. The Balaban J connectivity index is 3.08. The van der Waals surface area contributed by atoms with Crippen molar-refractivity contribution in [2.24, 2.45) is 0 Å². The highest BCUT2D eigenvalue weighted by Gasteiger charge is 1.98. The van der Waals surface area contributed by atoms with Crippen molar-refractivity contribution in [3.05, 3.63) is 0 Å². The van der Waals surface area contributed by atoms with Crippen molar-refractivity contribution < 1.29 is 9.84 Å². The van der Waals surface area contributed by atoms with Gasteiger partial charge in [0.15, 0.2) is 0 Å². The second-order valence-corrected chi connectivity index (χ2v) is 3.29. The lowest BCUT2D eigenvalue weighted by atomic mass is 10.4. The van der Waals surface area contributed by atoms with E-state index in [1.807, 2.05) is 7.05 Å². The molecule has 0 aromatic carbocycles. The van der Waals surface area contributed by atoms with E-state index in [4.69, 9.17) is 21.4 Å². The molecule has 4 heteroatoms. The largest absolute Gasteiger partial charge is 0.391 e. The van der Waals surface area contributed by atoms with Crippen molar-refractivity contribution in [2.45, 2.75) is 13.0 Å². The van der Waals surface area contributed by atoms with E-state index >= 15 is 0 Å². The summed E-state index contributed by atoms with van der Waals surface area (Å²) >= 11 is 5.54. The number of nitrogens with zero attached hydrogens (tertiary/aromatic N) is 1. The Morgan fingerprint density at radius 1 is 1.50 bits per heavy atom. The first kappa shape index (κ1) is 12.2. The van der Waals surface area contributed by atoms with E-state index in [-0.39, 0.29) is 6.10 Å². The van der Waals surface area contributed by atoms with Crippen LogP contribution in [0.4, 0.5) is 0 Å². The van der Waals surface area contributed by atoms with E-state index in [1.165, 1.54) is 0 Å². The quantitative estimate of drug-likeness (QED) is 0.476. The van der Waals surface area contributed by atoms with Crippen LogP contribution in [-0.2, 0) is 4.74 Å². The third-order valence-electron chi connectivity index (χ3n) is 1.44. The number of hydrogen-bond donors (Lipinski definition) is 1. The third-order valence-corrected chi connectivity index (χ3v) is 1.61. The monoisotopic (exact) mass is 195 g/mol. The van der Waals surface area contributed by atoms with Crippen molar-refractivity contribution in [1.82, 2.24) is 4.90 Å². The van der Waals surface area contributed by atoms with E-state index < -0.39 is 0 Å². The molecule has 0 heterocycles. The Morgan fingerprint density at radius 3 is 2.67 bits per heavy atom. The third kappa shape index (κ3) is 8.27. The van der Waals surface area contributed by atoms with Gasteiger partial charge in [-0.25, -0.2) is 0 Å². The number of aliphatic hydroxyl groups excluding tert-OH is 1. The molecule has 0 saturated heterocycles. The van der Waals surface area contributed by atoms with E-state index in [1.54, 1.807) is 6.92 Å². The van der Waals surface area contributed by atoms with Gasteiger partial charge in [-0.2, -0.15) is 0 Å². The van der Waals surface area contributed by atoms with Gasteiger partial charge in [0.05, 0.1) is 19.3 Å². The smallest absolute Gasteiger partial charge is 0.0745 e. The highest BCUT2D eigenvalue weighted by Crippen LogP contribution is 1.87. The molecule has 74 valence electrons. The maximum Gasteiger partial charge on any atom is 0.0745 e. The summed E-state index contributed by atoms with van der Waals surface area (Å²) in [6.45, 7) is 4.51. The Labute approximate surface area is 79.3 Å². The summed E-state index contributed by atoms with van der Waals surface area (Å²) < 4.78 is 5.18. The van der Waals surface area contributed by atoms with Crippen molar-refractivity contribution in [2.75, 3.05) is 39.2 Å². The molecule has 0 spiro atoms. The van der Waals surface area contributed by atoms with Crippen LogP contribution < -0.4 is 0 Å². The zero-order chi connectivity index (χ0) is 9.40. The minimum Gasteiger partial charge on any atom is -0.391 e. The Bertz CT molecular complexity index is 101. The van der Waals surface area contributed by atoms with Crippen LogP contribution >= 0.6 is 11.6 Å². The molecular formula is C8H18ClNO2. The lowest BCUT2D eigenvalue weighted by molar-refractivity contribution is 0.0386. The van der Waals surface area contributed by atoms with Crippen molar-refractivity contribution in [3.63, 3.8) is 0 Å². The molecule has 0 amide bonds. The Morgan fingerprint density at radius 2 is 2.17 bits per heavy atom. The van der Waals surface area contributed by atoms with Crippen molar-refractivity contribution in [3.8, 4) is 0 Å². The molecule has 0 aromatic heterocycles. The predicted octanol–water partition coefficient (Wildman–Crippen LogP) is 0.554. The Hall–Kier alpha value is 0.170. The van der Waals surface area contributed by atoms with E-state index in [0.717, 1.165) is 13.1 Å². The van der Waals surface area contributed by atoms with Gasteiger partial charge in [-0.15, -0.1) is 11.6 Å². The van der Waals surface area contributed by atoms with E-state index in [0.29, 0.717) is 19.1 Å². The standard InChI is InChI=1S/C8H18ClNO2/c1-8(11)7-12-6-5-10(2)4-3-9/h8,11H,3-7H2,1-2H3. The van der Waals surface area contributed by atoms with Gasteiger partial charge >= 0.3 is 0 Å². The van der Waals surface area contributed by atoms with Gasteiger partial charge in [0.1, 0.15) is 0 Å². The molecule has 12 heavy (non-hydrogen) atoms. The molecular weight excluding hydrogens is 178 g/mol. The number of likely N-dealkylation sites (N-methyl/N-ethyl adjacent to an activating group) is 1. The zero-order valence-corrected chi connectivity index (χ0v) is 8.55. The zero-order valence-electron chi connectivity index (χ0n) is 7.79. The summed E-state index contributed by atoms with van der Waals surface area (Å²) in [5.41, 5.74) is 0. The summed E-state index contributed by atoms with van der Waals surface area (Å²) in [4.78, 5) is 2.09. The molecule has 1 unspecified atom stereocenters. The molecule has 1 atom stereocenters. The van der Waals surface area contributed by atoms with Gasteiger partial charge in [0.2, 0.25) is 0 Å². The first-order valence-electron chi connectivity index (χ1n) is 4.17. The van der Waals surface area contributed by atoms with Crippen LogP contribution in [0.15, 0.2) is 0 Å². The summed E-state index contributed by atoms with van der Waals surface area (Å²) in [6.07, 6.45) is -0.372. The number of ether oxygens (including phenoxy) is 1. The first-order chi connectivity index (χ1) is 5.66. The van der Waals surface area contributed by atoms with Crippen LogP contribution in [0.1, 0.15) is 6.92 Å². The van der Waals surface area contributed by atoms with Crippen LogP contribution in [-0.4, -0.2) is 55.3 Å². The van der Waals surface area contributed by atoms with Gasteiger partial charge in [0.25, 0.3) is 0 Å². The fourth-order valence-corrected chi connectivity index (χ4v) is 1.02. The molecule has 3 nitrogen and oxygen atoms in total. The maximum absolute atomic E-state index is 8.86. The molecule has 0 radical (unpaired) electrons. The molecule has 0 saturated carbocycles. The van der Waals surface area contributed by atoms with Gasteiger partial charge in [0, 0.05) is 19.0 Å². The summed E-state index contributed by atoms with van der Waals surface area (Å²) in [5.74, 6) is 0.646. The Kier molecular flexibility index (Phi) is 7.91. The molecule has 0 aromatic rings. The van der Waals surface area contributed by atoms with Gasteiger partial charge in [-0.3, -0.25) is 0 Å². The van der Waals surface area contributed by atoms with Crippen molar-refractivity contribution in [1.29, 1.82) is 0 Å². The lowest BCUT2D eigenvalue weighted by Gasteiger charge is -2.14. The molecule has 0 aliphatic heterocycles. The maximum atomic E-state index is 8.86. The highest BCUT2D eigenvalue weighted by atomic mass is 35.5. The fraction of sp³-hybridized carbons (Fsp3) is 1.00. The first-order valence-corrected chi connectivity index (χ1v) is 4.70. The second-order valence-electron chi connectivity index (χ2n) is 2.92. The molecule has 1 N–H and O–H groups in total. The number of hydrogen-bond acceptors (Lipinski definition) is 3. The van der Waals surface area contributed by atoms with E-state index in [2.05, 4.69) is 4.90 Å². The average Bonchev–Trinajstić information content (AvgIpc) is 1.98. The molecule has 0 aliphatic rings. The van der Waals surface area contributed by atoms with Crippen LogP contribution in [0, 0.1) is 0 Å².